The second-order valence-electron chi connectivity index (χ2n) is 3.06. The largest absolute Gasteiger partial charge is 0.423 e. The van der Waals surface area contributed by atoms with Crippen molar-refractivity contribution < 1.29 is 9.53 Å². The minimum atomic E-state index is -0.369. The Labute approximate surface area is 95.6 Å². The van der Waals surface area contributed by atoms with Crippen molar-refractivity contribution in [2.24, 2.45) is 0 Å². The fourth-order valence-corrected chi connectivity index (χ4v) is 1.14. The molecule has 2 nitrogen and oxygen atoms in total. The van der Waals surface area contributed by atoms with Gasteiger partial charge in [-0.1, -0.05) is 36.9 Å². The first-order chi connectivity index (χ1) is 7.77. The normalized spacial score (nSPS) is 11.4. The molecule has 2 heteroatoms. The average molecular weight is 214 g/mol. The van der Waals surface area contributed by atoms with E-state index in [9.17, 15) is 4.79 Å². The molecule has 82 valence electrons. The van der Waals surface area contributed by atoms with Crippen LogP contribution in [-0.2, 0) is 4.74 Å². The molecule has 0 saturated heterocycles. The first kappa shape index (κ1) is 12.0. The van der Waals surface area contributed by atoms with Gasteiger partial charge in [0.15, 0.2) is 0 Å². The molecule has 0 fully saturated rings. The third-order valence-electron chi connectivity index (χ3n) is 1.83. The standard InChI is InChI=1S/C14H14O2/c1-3-8-13(9-4-2)16-14(15)12-10-6-5-7-11-12/h3-11H,1H2,2H3/b9-4-,13-8+. The molecule has 0 bridgehead atoms. The molecule has 16 heavy (non-hydrogen) atoms. The zero-order chi connectivity index (χ0) is 11.8. The van der Waals surface area contributed by atoms with Gasteiger partial charge in [-0.25, -0.2) is 4.79 Å². The Morgan fingerprint density at radius 3 is 2.56 bits per heavy atom. The van der Waals surface area contributed by atoms with Gasteiger partial charge in [-0.3, -0.25) is 0 Å². The summed E-state index contributed by atoms with van der Waals surface area (Å²) < 4.78 is 5.18. The van der Waals surface area contributed by atoms with Crippen molar-refractivity contribution in [2.45, 2.75) is 6.92 Å². The third-order valence-corrected chi connectivity index (χ3v) is 1.83. The van der Waals surface area contributed by atoms with Crippen LogP contribution in [0.4, 0.5) is 0 Å². The molecule has 1 aromatic carbocycles. The van der Waals surface area contributed by atoms with Gasteiger partial charge in [-0.2, -0.15) is 0 Å². The van der Waals surface area contributed by atoms with Crippen LogP contribution in [-0.4, -0.2) is 5.97 Å². The Bertz CT molecular complexity index is 414. The van der Waals surface area contributed by atoms with E-state index in [4.69, 9.17) is 4.74 Å². The molecule has 0 heterocycles. The molecule has 0 aliphatic carbocycles. The summed E-state index contributed by atoms with van der Waals surface area (Å²) in [4.78, 5) is 11.7. The van der Waals surface area contributed by atoms with Crippen LogP contribution in [0, 0.1) is 0 Å². The SMILES string of the molecule is C=C/C=C(\C=C/C)OC(=O)c1ccccc1. The predicted octanol–water partition coefficient (Wildman–Crippen LogP) is 3.49. The zero-order valence-electron chi connectivity index (χ0n) is 9.22. The number of carbonyl (C=O) groups is 1. The Morgan fingerprint density at radius 1 is 1.31 bits per heavy atom. The van der Waals surface area contributed by atoms with Crippen molar-refractivity contribution in [3.05, 3.63) is 72.5 Å². The first-order valence-corrected chi connectivity index (χ1v) is 5.00. The number of hydrogen-bond donors (Lipinski definition) is 0. The summed E-state index contributed by atoms with van der Waals surface area (Å²) in [5, 5.41) is 0. The van der Waals surface area contributed by atoms with E-state index >= 15 is 0 Å². The van der Waals surface area contributed by atoms with E-state index in [0.717, 1.165) is 0 Å². The highest BCUT2D eigenvalue weighted by Crippen LogP contribution is 2.07. The lowest BCUT2D eigenvalue weighted by Gasteiger charge is -2.04. The minimum absolute atomic E-state index is 0.369. The Kier molecular flexibility index (Phi) is 4.80. The second-order valence-corrected chi connectivity index (χ2v) is 3.06. The van der Waals surface area contributed by atoms with E-state index < -0.39 is 0 Å². The van der Waals surface area contributed by atoms with Gasteiger partial charge in [0.25, 0.3) is 0 Å². The molecule has 0 atom stereocenters. The molecule has 0 aliphatic heterocycles. The van der Waals surface area contributed by atoms with Gasteiger partial charge >= 0.3 is 5.97 Å². The molecule has 1 rings (SSSR count). The highest BCUT2D eigenvalue weighted by molar-refractivity contribution is 5.90. The molecule has 0 N–H and O–H groups in total. The van der Waals surface area contributed by atoms with Crippen LogP contribution in [0.3, 0.4) is 0 Å². The first-order valence-electron chi connectivity index (χ1n) is 5.00. The van der Waals surface area contributed by atoms with E-state index in [1.807, 2.05) is 13.0 Å². The third kappa shape index (κ3) is 3.58. The summed E-state index contributed by atoms with van der Waals surface area (Å²) in [5.74, 6) is 0.109. The van der Waals surface area contributed by atoms with Gasteiger partial charge in [0.2, 0.25) is 0 Å². The number of hydrogen-bond acceptors (Lipinski definition) is 2. The van der Waals surface area contributed by atoms with Crippen molar-refractivity contribution in [2.75, 3.05) is 0 Å². The van der Waals surface area contributed by atoms with Crippen molar-refractivity contribution >= 4 is 5.97 Å². The van der Waals surface area contributed by atoms with Crippen LogP contribution in [0.15, 0.2) is 67.0 Å². The molecule has 0 saturated carbocycles. The smallest absolute Gasteiger partial charge is 0.343 e. The highest BCUT2D eigenvalue weighted by Gasteiger charge is 2.06. The zero-order valence-corrected chi connectivity index (χ0v) is 9.22. The fraction of sp³-hybridized carbons (Fsp3) is 0.0714. The van der Waals surface area contributed by atoms with Gasteiger partial charge in [0, 0.05) is 0 Å². The quantitative estimate of drug-likeness (QED) is 0.435. The molecule has 0 amide bonds. The van der Waals surface area contributed by atoms with E-state index in [2.05, 4.69) is 6.58 Å². The lowest BCUT2D eigenvalue weighted by atomic mass is 10.2. The lowest BCUT2D eigenvalue weighted by molar-refractivity contribution is 0.0637. The van der Waals surface area contributed by atoms with E-state index in [1.54, 1.807) is 48.6 Å². The summed E-state index contributed by atoms with van der Waals surface area (Å²) in [7, 11) is 0. The van der Waals surface area contributed by atoms with E-state index in [-0.39, 0.29) is 5.97 Å². The molecular weight excluding hydrogens is 200 g/mol. The maximum atomic E-state index is 11.7. The Balaban J connectivity index is 2.77. The van der Waals surface area contributed by atoms with Crippen LogP contribution in [0.25, 0.3) is 0 Å². The van der Waals surface area contributed by atoms with Gasteiger partial charge in [-0.05, 0) is 31.2 Å². The van der Waals surface area contributed by atoms with Crippen LogP contribution in [0.5, 0.6) is 0 Å². The monoisotopic (exact) mass is 214 g/mol. The molecule has 0 aromatic heterocycles. The van der Waals surface area contributed by atoms with Crippen molar-refractivity contribution in [3.8, 4) is 0 Å². The lowest BCUT2D eigenvalue weighted by Crippen LogP contribution is -2.03. The maximum Gasteiger partial charge on any atom is 0.343 e. The summed E-state index contributed by atoms with van der Waals surface area (Å²) in [5.41, 5.74) is 0.530. The highest BCUT2D eigenvalue weighted by atomic mass is 16.5. The van der Waals surface area contributed by atoms with E-state index in [1.165, 1.54) is 0 Å². The van der Waals surface area contributed by atoms with Crippen LogP contribution >= 0.6 is 0 Å². The van der Waals surface area contributed by atoms with Crippen molar-refractivity contribution in [1.82, 2.24) is 0 Å². The number of benzene rings is 1. The maximum absolute atomic E-state index is 11.7. The minimum Gasteiger partial charge on any atom is -0.423 e. The molecule has 0 aliphatic rings. The molecule has 0 radical (unpaired) electrons. The predicted molar refractivity (Wildman–Crippen MR) is 65.0 cm³/mol. The number of allylic oxidation sites excluding steroid dienone is 4. The van der Waals surface area contributed by atoms with Crippen molar-refractivity contribution in [1.29, 1.82) is 0 Å². The molecule has 0 unspecified atom stereocenters. The molecular formula is C14H14O2. The van der Waals surface area contributed by atoms with Crippen LogP contribution < -0.4 is 0 Å². The number of carbonyl (C=O) groups excluding carboxylic acids is 1. The van der Waals surface area contributed by atoms with E-state index in [0.29, 0.717) is 11.3 Å². The topological polar surface area (TPSA) is 26.3 Å². The summed E-state index contributed by atoms with van der Waals surface area (Å²) in [6.45, 7) is 5.42. The number of ether oxygens (including phenoxy) is 1. The average Bonchev–Trinajstić information content (AvgIpc) is 2.31. The van der Waals surface area contributed by atoms with Gasteiger partial charge in [0.05, 0.1) is 5.56 Å². The summed E-state index contributed by atoms with van der Waals surface area (Å²) in [6, 6.07) is 8.86. The molecule has 0 spiro atoms. The Morgan fingerprint density at radius 2 is 2.00 bits per heavy atom. The van der Waals surface area contributed by atoms with Crippen molar-refractivity contribution in [3.63, 3.8) is 0 Å². The second kappa shape index (κ2) is 6.40. The van der Waals surface area contributed by atoms with Gasteiger partial charge in [0.1, 0.15) is 5.76 Å². The number of esters is 1. The molecule has 1 aromatic rings. The van der Waals surface area contributed by atoms with Crippen LogP contribution in [0.1, 0.15) is 17.3 Å². The van der Waals surface area contributed by atoms with Gasteiger partial charge in [-0.15, -0.1) is 0 Å². The summed E-state index contributed by atoms with van der Waals surface area (Å²) >= 11 is 0. The summed E-state index contributed by atoms with van der Waals surface area (Å²) in [6.07, 6.45) is 6.73. The van der Waals surface area contributed by atoms with Gasteiger partial charge < -0.3 is 4.74 Å². The number of rotatable bonds is 4. The fourth-order valence-electron chi connectivity index (χ4n) is 1.14. The Hall–Kier alpha value is -2.09. The van der Waals surface area contributed by atoms with Crippen LogP contribution in [0.2, 0.25) is 0 Å².